The van der Waals surface area contributed by atoms with Crippen LogP contribution in [0.2, 0.25) is 0 Å². The number of carboxylic acid groups (broad SMARTS) is 1. The largest absolute Gasteiger partial charge is 0.478 e. The van der Waals surface area contributed by atoms with Crippen LogP contribution in [-0.2, 0) is 0 Å². The molecule has 0 aliphatic rings. The third kappa shape index (κ3) is 4.36. The van der Waals surface area contributed by atoms with Crippen LogP contribution in [0.15, 0.2) is 58.0 Å². The number of benzene rings is 2. The Morgan fingerprint density at radius 2 is 1.57 bits per heavy atom. The number of Topliss-reactive ketones (excluding diaryl/α,β-unsaturated/α-hetero) is 1. The van der Waals surface area contributed by atoms with E-state index in [-0.39, 0.29) is 17.8 Å². The van der Waals surface area contributed by atoms with Gasteiger partial charge in [-0.05, 0) is 36.4 Å². The lowest BCUT2D eigenvalue weighted by molar-refractivity contribution is 0.0696. The Balaban J connectivity index is 1.97. The van der Waals surface area contributed by atoms with E-state index < -0.39 is 5.97 Å². The van der Waals surface area contributed by atoms with Crippen molar-refractivity contribution in [1.82, 2.24) is 0 Å². The molecule has 106 valence electrons. The molecule has 0 bridgehead atoms. The van der Waals surface area contributed by atoms with Crippen LogP contribution in [0, 0.1) is 0 Å². The normalized spacial score (nSPS) is 10.7. The Kier molecular flexibility index (Phi) is 5.00. The van der Waals surface area contributed by atoms with Gasteiger partial charge in [0.25, 0.3) is 0 Å². The molecule has 0 unspecified atom stereocenters. The molecule has 0 aliphatic carbocycles. The van der Waals surface area contributed by atoms with E-state index in [4.69, 9.17) is 5.11 Å². The maximum absolute atomic E-state index is 11.9. The number of halogens is 1. The Labute approximate surface area is 130 Å². The summed E-state index contributed by atoms with van der Waals surface area (Å²) in [7, 11) is 0. The highest BCUT2D eigenvalue weighted by molar-refractivity contribution is 9.10. The summed E-state index contributed by atoms with van der Waals surface area (Å²) in [6, 6.07) is 13.3. The average Bonchev–Trinajstić information content (AvgIpc) is 2.48. The van der Waals surface area contributed by atoms with Crippen molar-refractivity contribution in [2.45, 2.75) is 6.42 Å². The minimum atomic E-state index is -0.976. The Morgan fingerprint density at radius 1 is 1.00 bits per heavy atom. The first-order valence-electron chi connectivity index (χ1n) is 6.21. The minimum Gasteiger partial charge on any atom is -0.478 e. The SMILES string of the molecule is O=C(O)c1ccc(N=CCC(=O)c2ccc(Br)cc2)cc1. The number of ketones is 1. The van der Waals surface area contributed by atoms with Gasteiger partial charge in [-0.25, -0.2) is 4.79 Å². The van der Waals surface area contributed by atoms with Gasteiger partial charge in [-0.15, -0.1) is 0 Å². The fourth-order valence-corrected chi connectivity index (χ4v) is 1.94. The standard InChI is InChI=1S/C16H12BrNO3/c17-13-5-1-11(2-6-13)15(19)9-10-18-14-7-3-12(4-8-14)16(20)21/h1-8,10H,9H2,(H,20,21). The zero-order valence-corrected chi connectivity index (χ0v) is 12.6. The lowest BCUT2D eigenvalue weighted by Gasteiger charge is -1.98. The molecule has 0 heterocycles. The Hall–Kier alpha value is -2.27. The molecule has 1 N–H and O–H groups in total. The van der Waals surface area contributed by atoms with Crippen LogP contribution in [0.5, 0.6) is 0 Å². The van der Waals surface area contributed by atoms with Crippen molar-refractivity contribution >= 4 is 39.6 Å². The molecule has 5 heteroatoms. The molecule has 0 aliphatic heterocycles. The van der Waals surface area contributed by atoms with Gasteiger partial charge in [-0.2, -0.15) is 0 Å². The van der Waals surface area contributed by atoms with Gasteiger partial charge in [-0.1, -0.05) is 28.1 Å². The second kappa shape index (κ2) is 6.95. The maximum atomic E-state index is 11.9. The van der Waals surface area contributed by atoms with Gasteiger partial charge in [-0.3, -0.25) is 9.79 Å². The van der Waals surface area contributed by atoms with Crippen LogP contribution >= 0.6 is 15.9 Å². The lowest BCUT2D eigenvalue weighted by Crippen LogP contribution is -1.98. The number of aliphatic imine (C=N–C) groups is 1. The predicted molar refractivity (Wildman–Crippen MR) is 84.6 cm³/mol. The van der Waals surface area contributed by atoms with Crippen molar-refractivity contribution in [2.24, 2.45) is 4.99 Å². The van der Waals surface area contributed by atoms with Crippen LogP contribution in [-0.4, -0.2) is 23.1 Å². The molecule has 0 saturated heterocycles. The molecule has 0 aromatic heterocycles. The van der Waals surface area contributed by atoms with Crippen molar-refractivity contribution in [2.75, 3.05) is 0 Å². The first kappa shape index (κ1) is 15.1. The molecule has 2 aromatic carbocycles. The summed E-state index contributed by atoms with van der Waals surface area (Å²) in [6.45, 7) is 0. The summed E-state index contributed by atoms with van der Waals surface area (Å²) in [4.78, 5) is 26.8. The number of hydrogen-bond acceptors (Lipinski definition) is 3. The zero-order chi connectivity index (χ0) is 15.2. The topological polar surface area (TPSA) is 66.7 Å². The molecular formula is C16H12BrNO3. The van der Waals surface area contributed by atoms with E-state index in [2.05, 4.69) is 20.9 Å². The number of rotatable bonds is 5. The molecule has 2 rings (SSSR count). The molecular weight excluding hydrogens is 334 g/mol. The van der Waals surface area contributed by atoms with E-state index in [1.807, 2.05) is 12.1 Å². The van der Waals surface area contributed by atoms with Crippen LogP contribution in [0.1, 0.15) is 27.1 Å². The number of carbonyl (C=O) groups is 2. The van der Waals surface area contributed by atoms with Crippen molar-refractivity contribution in [1.29, 1.82) is 0 Å². The highest BCUT2D eigenvalue weighted by atomic mass is 79.9. The molecule has 0 amide bonds. The molecule has 0 atom stereocenters. The zero-order valence-electron chi connectivity index (χ0n) is 11.0. The molecule has 2 aromatic rings. The van der Waals surface area contributed by atoms with E-state index >= 15 is 0 Å². The summed E-state index contributed by atoms with van der Waals surface area (Å²) >= 11 is 3.31. The van der Waals surface area contributed by atoms with E-state index in [1.54, 1.807) is 24.3 Å². The molecule has 0 fully saturated rings. The first-order chi connectivity index (χ1) is 10.1. The van der Waals surface area contributed by atoms with Gasteiger partial charge in [0.1, 0.15) is 0 Å². The first-order valence-corrected chi connectivity index (χ1v) is 7.00. The van der Waals surface area contributed by atoms with E-state index in [0.717, 1.165) is 4.47 Å². The second-order valence-electron chi connectivity index (χ2n) is 4.30. The van der Waals surface area contributed by atoms with Crippen LogP contribution in [0.3, 0.4) is 0 Å². The molecule has 4 nitrogen and oxygen atoms in total. The fourth-order valence-electron chi connectivity index (χ4n) is 1.68. The molecule has 0 radical (unpaired) electrons. The van der Waals surface area contributed by atoms with Crippen LogP contribution in [0.25, 0.3) is 0 Å². The van der Waals surface area contributed by atoms with Crippen molar-refractivity contribution in [3.63, 3.8) is 0 Å². The van der Waals surface area contributed by atoms with Crippen molar-refractivity contribution < 1.29 is 14.7 Å². The van der Waals surface area contributed by atoms with Gasteiger partial charge in [0.2, 0.25) is 0 Å². The van der Waals surface area contributed by atoms with Crippen LogP contribution < -0.4 is 0 Å². The van der Waals surface area contributed by atoms with Gasteiger partial charge < -0.3 is 5.11 Å². The number of carbonyl (C=O) groups excluding carboxylic acids is 1. The maximum Gasteiger partial charge on any atom is 0.335 e. The lowest BCUT2D eigenvalue weighted by atomic mass is 10.1. The highest BCUT2D eigenvalue weighted by Gasteiger charge is 2.04. The third-order valence-corrected chi connectivity index (χ3v) is 3.33. The summed E-state index contributed by atoms with van der Waals surface area (Å²) in [5, 5.41) is 8.78. The van der Waals surface area contributed by atoms with Crippen LogP contribution in [0.4, 0.5) is 5.69 Å². The predicted octanol–water partition coefficient (Wildman–Crippen LogP) is 4.12. The summed E-state index contributed by atoms with van der Waals surface area (Å²) in [5.41, 5.74) is 1.45. The number of aromatic carboxylic acids is 1. The quantitative estimate of drug-likeness (QED) is 0.654. The van der Waals surface area contributed by atoms with Gasteiger partial charge >= 0.3 is 5.97 Å². The summed E-state index contributed by atoms with van der Waals surface area (Å²) in [6.07, 6.45) is 1.72. The number of nitrogens with zero attached hydrogens (tertiary/aromatic N) is 1. The molecule has 0 spiro atoms. The van der Waals surface area contributed by atoms with E-state index in [0.29, 0.717) is 11.3 Å². The second-order valence-corrected chi connectivity index (χ2v) is 5.21. The van der Waals surface area contributed by atoms with Gasteiger partial charge in [0.15, 0.2) is 5.78 Å². The number of carboxylic acids is 1. The Morgan fingerprint density at radius 3 is 2.14 bits per heavy atom. The van der Waals surface area contributed by atoms with Crippen molar-refractivity contribution in [3.8, 4) is 0 Å². The molecule has 21 heavy (non-hydrogen) atoms. The van der Waals surface area contributed by atoms with E-state index in [1.165, 1.54) is 18.3 Å². The smallest absolute Gasteiger partial charge is 0.335 e. The fraction of sp³-hybridized carbons (Fsp3) is 0.0625. The summed E-state index contributed by atoms with van der Waals surface area (Å²) in [5.74, 6) is -0.996. The summed E-state index contributed by atoms with van der Waals surface area (Å²) < 4.78 is 0.922. The van der Waals surface area contributed by atoms with Gasteiger partial charge in [0.05, 0.1) is 11.3 Å². The Bertz CT molecular complexity index is 676. The number of hydrogen-bond donors (Lipinski definition) is 1. The van der Waals surface area contributed by atoms with Crippen molar-refractivity contribution in [3.05, 3.63) is 64.1 Å². The average molecular weight is 346 g/mol. The minimum absolute atomic E-state index is 0.0200. The molecule has 0 saturated carbocycles. The monoisotopic (exact) mass is 345 g/mol. The van der Waals surface area contributed by atoms with E-state index in [9.17, 15) is 9.59 Å². The highest BCUT2D eigenvalue weighted by Crippen LogP contribution is 2.14. The van der Waals surface area contributed by atoms with Gasteiger partial charge in [0, 0.05) is 22.7 Å². The third-order valence-electron chi connectivity index (χ3n) is 2.80.